The minimum Gasteiger partial charge on any atom is -0.292 e. The fraction of sp³-hybridized carbons (Fsp3) is 0. The van der Waals surface area contributed by atoms with E-state index in [1.165, 1.54) is 65.2 Å². The van der Waals surface area contributed by atoms with Crippen molar-refractivity contribution in [1.29, 1.82) is 0 Å². The van der Waals surface area contributed by atoms with Crippen molar-refractivity contribution in [2.45, 2.75) is 0 Å². The third kappa shape index (κ3) is 3.99. The summed E-state index contributed by atoms with van der Waals surface area (Å²) in [6.07, 6.45) is 1.89. The Bertz CT molecular complexity index is 3520. The van der Waals surface area contributed by atoms with Crippen molar-refractivity contribution in [3.05, 3.63) is 176 Å². The van der Waals surface area contributed by atoms with E-state index in [1.54, 1.807) is 0 Å². The standard InChI is InChI=1S/C50H29N3/c1-2-16-36-34(14-1)35-15-3-5-18-38(35)47-39-19-6-4-17-37(39)42(29-43(36)47)33-12-9-11-31(27-33)32-23-24-40-46(28-32)53-45-21-8-7-20-44(45)52-50(53)41-25-22-30-13-10-26-51-49(30)48(40)41/h1-29H. The fourth-order valence-electron chi connectivity index (χ4n) is 9.03. The van der Waals surface area contributed by atoms with Crippen LogP contribution in [0, 0.1) is 0 Å². The number of fused-ring (bicyclic) bond motifs is 18. The van der Waals surface area contributed by atoms with Gasteiger partial charge in [0, 0.05) is 27.7 Å². The summed E-state index contributed by atoms with van der Waals surface area (Å²) in [5.41, 5.74) is 9.93. The molecule has 0 aliphatic carbocycles. The molecule has 0 unspecified atom stereocenters. The maximum Gasteiger partial charge on any atom is 0.146 e. The van der Waals surface area contributed by atoms with Crippen molar-refractivity contribution in [2.24, 2.45) is 0 Å². The zero-order valence-electron chi connectivity index (χ0n) is 28.6. The molecule has 9 aromatic carbocycles. The number of rotatable bonds is 2. The van der Waals surface area contributed by atoms with Crippen LogP contribution >= 0.6 is 0 Å². The summed E-state index contributed by atoms with van der Waals surface area (Å²) in [6, 6.07) is 61.9. The lowest BCUT2D eigenvalue weighted by molar-refractivity contribution is 1.31. The second kappa shape index (κ2) is 10.7. The van der Waals surface area contributed by atoms with Crippen LogP contribution in [0.5, 0.6) is 0 Å². The zero-order chi connectivity index (χ0) is 34.6. The van der Waals surface area contributed by atoms with Crippen molar-refractivity contribution in [3.8, 4) is 22.3 Å². The van der Waals surface area contributed by atoms with Gasteiger partial charge in [0.15, 0.2) is 0 Å². The summed E-state index contributed by atoms with van der Waals surface area (Å²) in [4.78, 5) is 10.1. The van der Waals surface area contributed by atoms with Crippen LogP contribution in [0.25, 0.3) is 115 Å². The normalized spacial score (nSPS) is 12.2. The molecule has 3 aromatic heterocycles. The Morgan fingerprint density at radius 1 is 0.377 bits per heavy atom. The highest BCUT2D eigenvalue weighted by atomic mass is 15.0. The number of hydrogen-bond acceptors (Lipinski definition) is 2. The van der Waals surface area contributed by atoms with Gasteiger partial charge in [0.1, 0.15) is 5.65 Å². The number of nitrogens with zero attached hydrogens (tertiary/aromatic N) is 3. The summed E-state index contributed by atoms with van der Waals surface area (Å²) >= 11 is 0. The first-order valence-electron chi connectivity index (χ1n) is 18.2. The first kappa shape index (κ1) is 28.6. The van der Waals surface area contributed by atoms with Crippen molar-refractivity contribution in [3.63, 3.8) is 0 Å². The van der Waals surface area contributed by atoms with E-state index in [1.807, 2.05) is 12.3 Å². The van der Waals surface area contributed by atoms with Gasteiger partial charge in [-0.05, 0) is 108 Å². The maximum atomic E-state index is 5.19. The van der Waals surface area contributed by atoms with Gasteiger partial charge in [-0.3, -0.25) is 9.38 Å². The number of pyridine rings is 2. The minimum absolute atomic E-state index is 0.953. The third-order valence-electron chi connectivity index (χ3n) is 11.3. The van der Waals surface area contributed by atoms with Crippen LogP contribution in [-0.4, -0.2) is 14.4 Å². The molecule has 12 rings (SSSR count). The van der Waals surface area contributed by atoms with Crippen LogP contribution in [0.15, 0.2) is 176 Å². The van der Waals surface area contributed by atoms with Crippen LogP contribution in [0.1, 0.15) is 0 Å². The molecule has 0 N–H and O–H groups in total. The van der Waals surface area contributed by atoms with E-state index >= 15 is 0 Å². The lowest BCUT2D eigenvalue weighted by atomic mass is 9.87. The predicted octanol–water partition coefficient (Wildman–Crippen LogP) is 13.3. The topological polar surface area (TPSA) is 30.2 Å². The zero-order valence-corrected chi connectivity index (χ0v) is 28.6. The average Bonchev–Trinajstić information content (AvgIpc) is 3.63. The van der Waals surface area contributed by atoms with Gasteiger partial charge >= 0.3 is 0 Å². The lowest BCUT2D eigenvalue weighted by Gasteiger charge is -2.17. The Hall–Kier alpha value is -7.10. The van der Waals surface area contributed by atoms with Crippen LogP contribution in [0.2, 0.25) is 0 Å². The largest absolute Gasteiger partial charge is 0.292 e. The van der Waals surface area contributed by atoms with Crippen LogP contribution in [0.4, 0.5) is 0 Å². The SMILES string of the molecule is c1cc(-c2ccc3c4c(ccc5cccnc54)c4nc5ccccc5n4c3c2)cc(-c2cc3c4ccccc4c4ccccc4c3c3ccccc23)c1. The summed E-state index contributed by atoms with van der Waals surface area (Å²) < 4.78 is 2.33. The average molecular weight is 672 g/mol. The second-order valence-corrected chi connectivity index (χ2v) is 14.1. The minimum atomic E-state index is 0.953. The Kier molecular flexibility index (Phi) is 5.77. The highest BCUT2D eigenvalue weighted by molar-refractivity contribution is 6.33. The summed E-state index contributed by atoms with van der Waals surface area (Å²) in [6.45, 7) is 0. The van der Waals surface area contributed by atoms with Gasteiger partial charge in [0.05, 0.1) is 22.1 Å². The van der Waals surface area contributed by atoms with Crippen LogP contribution in [-0.2, 0) is 0 Å². The molecule has 0 bridgehead atoms. The quantitative estimate of drug-likeness (QED) is 0.171. The molecule has 0 radical (unpaired) electrons. The molecule has 0 spiro atoms. The molecule has 3 nitrogen and oxygen atoms in total. The first-order chi connectivity index (χ1) is 26.3. The molecule has 53 heavy (non-hydrogen) atoms. The van der Waals surface area contributed by atoms with Crippen LogP contribution < -0.4 is 0 Å². The fourth-order valence-corrected chi connectivity index (χ4v) is 9.03. The maximum absolute atomic E-state index is 5.19. The molecule has 0 fully saturated rings. The van der Waals surface area contributed by atoms with Gasteiger partial charge in [-0.25, -0.2) is 4.98 Å². The number of imidazole rings is 1. The lowest BCUT2D eigenvalue weighted by Crippen LogP contribution is -1.94. The Balaban J connectivity index is 1.14. The van der Waals surface area contributed by atoms with E-state index in [4.69, 9.17) is 9.97 Å². The van der Waals surface area contributed by atoms with Crippen LogP contribution in [0.3, 0.4) is 0 Å². The number of benzene rings is 9. The molecular formula is C50H29N3. The second-order valence-electron chi connectivity index (χ2n) is 14.1. The van der Waals surface area contributed by atoms with E-state index in [0.717, 1.165) is 49.4 Å². The molecule has 12 aromatic rings. The Morgan fingerprint density at radius 3 is 1.89 bits per heavy atom. The molecule has 3 heterocycles. The number of aromatic nitrogens is 3. The molecule has 0 atom stereocenters. The summed E-state index contributed by atoms with van der Waals surface area (Å²) in [5.74, 6) is 0. The Labute approximate surface area is 304 Å². The highest BCUT2D eigenvalue weighted by Gasteiger charge is 2.18. The monoisotopic (exact) mass is 671 g/mol. The van der Waals surface area contributed by atoms with E-state index < -0.39 is 0 Å². The van der Waals surface area contributed by atoms with Crippen molar-refractivity contribution in [1.82, 2.24) is 14.4 Å². The van der Waals surface area contributed by atoms with Crippen molar-refractivity contribution in [2.75, 3.05) is 0 Å². The molecular weight excluding hydrogens is 643 g/mol. The molecule has 0 aliphatic heterocycles. The summed E-state index contributed by atoms with van der Waals surface area (Å²) in [7, 11) is 0. The molecule has 3 heteroatoms. The van der Waals surface area contributed by atoms with Gasteiger partial charge in [0.25, 0.3) is 0 Å². The van der Waals surface area contributed by atoms with E-state index in [-0.39, 0.29) is 0 Å². The molecule has 0 saturated carbocycles. The van der Waals surface area contributed by atoms with Gasteiger partial charge in [-0.15, -0.1) is 0 Å². The molecule has 0 aliphatic rings. The van der Waals surface area contributed by atoms with Crippen molar-refractivity contribution < 1.29 is 0 Å². The van der Waals surface area contributed by atoms with Gasteiger partial charge in [0.2, 0.25) is 0 Å². The number of hydrogen-bond donors (Lipinski definition) is 0. The third-order valence-corrected chi connectivity index (χ3v) is 11.3. The van der Waals surface area contributed by atoms with E-state index in [2.05, 4.69) is 168 Å². The van der Waals surface area contributed by atoms with E-state index in [9.17, 15) is 0 Å². The van der Waals surface area contributed by atoms with Crippen molar-refractivity contribution >= 4 is 92.3 Å². The number of para-hydroxylation sites is 2. The predicted molar refractivity (Wildman–Crippen MR) is 224 cm³/mol. The van der Waals surface area contributed by atoms with Gasteiger partial charge in [-0.1, -0.05) is 127 Å². The van der Waals surface area contributed by atoms with E-state index in [0.29, 0.717) is 0 Å². The molecule has 0 saturated heterocycles. The molecule has 244 valence electrons. The first-order valence-corrected chi connectivity index (χ1v) is 18.2. The Morgan fingerprint density at radius 2 is 1.04 bits per heavy atom. The molecule has 0 amide bonds. The van der Waals surface area contributed by atoms with Gasteiger partial charge in [-0.2, -0.15) is 0 Å². The van der Waals surface area contributed by atoms with Gasteiger partial charge < -0.3 is 0 Å². The highest BCUT2D eigenvalue weighted by Crippen LogP contribution is 2.44. The summed E-state index contributed by atoms with van der Waals surface area (Å²) in [5, 5.41) is 14.8. The smallest absolute Gasteiger partial charge is 0.146 e.